The van der Waals surface area contributed by atoms with Crippen LogP contribution in [-0.4, -0.2) is 24.7 Å². The Morgan fingerprint density at radius 3 is 2.50 bits per heavy atom. The molecule has 4 rings (SSSR count). The van der Waals surface area contributed by atoms with Gasteiger partial charge in [-0.3, -0.25) is 4.79 Å². The van der Waals surface area contributed by atoms with Gasteiger partial charge in [0.15, 0.2) is 5.16 Å². The van der Waals surface area contributed by atoms with Crippen molar-refractivity contribution in [2.75, 3.05) is 0 Å². The molecule has 3 heterocycles. The van der Waals surface area contributed by atoms with Gasteiger partial charge in [0, 0.05) is 17.5 Å². The molecular weight excluding hydrogens is 435 g/mol. The van der Waals surface area contributed by atoms with Gasteiger partial charge in [0.2, 0.25) is 5.82 Å². The summed E-state index contributed by atoms with van der Waals surface area (Å²) in [6.07, 6.45) is -4.58. The summed E-state index contributed by atoms with van der Waals surface area (Å²) in [5, 5.41) is 7.40. The third-order valence-electron chi connectivity index (χ3n) is 4.55. The fourth-order valence-electron chi connectivity index (χ4n) is 3.12. The Labute approximate surface area is 177 Å². The van der Waals surface area contributed by atoms with Crippen molar-refractivity contribution < 1.29 is 13.2 Å². The van der Waals surface area contributed by atoms with Crippen molar-refractivity contribution in [1.29, 1.82) is 0 Å². The van der Waals surface area contributed by atoms with Crippen molar-refractivity contribution in [3.63, 3.8) is 0 Å². The van der Waals surface area contributed by atoms with Crippen LogP contribution in [0.5, 0.6) is 0 Å². The number of thioether (sulfide) groups is 1. The Morgan fingerprint density at radius 1 is 1.17 bits per heavy atom. The maximum absolute atomic E-state index is 12.9. The van der Waals surface area contributed by atoms with Gasteiger partial charge in [-0.1, -0.05) is 41.6 Å². The molecule has 1 aromatic carbocycles. The smallest absolute Gasteiger partial charge is 0.309 e. The van der Waals surface area contributed by atoms with Gasteiger partial charge in [0.05, 0.1) is 11.1 Å². The van der Waals surface area contributed by atoms with Crippen LogP contribution in [0.1, 0.15) is 22.1 Å². The molecule has 156 valence electrons. The van der Waals surface area contributed by atoms with Crippen molar-refractivity contribution in [2.45, 2.75) is 30.9 Å². The van der Waals surface area contributed by atoms with Crippen molar-refractivity contribution in [1.82, 2.24) is 24.7 Å². The number of halogens is 3. The average molecular weight is 451 g/mol. The molecule has 0 radical (unpaired) electrons. The Kier molecular flexibility index (Phi) is 5.18. The lowest BCUT2D eigenvalue weighted by atomic mass is 10.0. The van der Waals surface area contributed by atoms with Crippen LogP contribution in [-0.2, 0) is 19.0 Å². The van der Waals surface area contributed by atoms with Crippen molar-refractivity contribution >= 4 is 33.3 Å². The number of thiophene rings is 1. The quantitative estimate of drug-likeness (QED) is 0.455. The predicted molar refractivity (Wildman–Crippen MR) is 111 cm³/mol. The molecular formula is C19H16F3N5OS2. The topological polar surface area (TPSA) is 76.5 Å². The molecule has 0 amide bonds. The van der Waals surface area contributed by atoms with Crippen LogP contribution in [0, 0.1) is 13.8 Å². The fourth-order valence-corrected chi connectivity index (χ4v) is 4.97. The summed E-state index contributed by atoms with van der Waals surface area (Å²) in [5.74, 6) is -0.546. The lowest BCUT2D eigenvalue weighted by molar-refractivity contribution is -0.147. The van der Waals surface area contributed by atoms with Crippen molar-refractivity contribution in [3.05, 3.63) is 56.7 Å². The predicted octanol–water partition coefficient (Wildman–Crippen LogP) is 4.71. The van der Waals surface area contributed by atoms with E-state index >= 15 is 0 Å². The number of aromatic nitrogens is 5. The van der Waals surface area contributed by atoms with Gasteiger partial charge >= 0.3 is 6.18 Å². The van der Waals surface area contributed by atoms with E-state index in [1.54, 1.807) is 0 Å². The van der Waals surface area contributed by atoms with Crippen LogP contribution < -0.4 is 5.56 Å². The number of alkyl halides is 3. The molecule has 0 aliphatic heterocycles. The highest BCUT2D eigenvalue weighted by Gasteiger charge is 2.37. The molecule has 0 saturated heterocycles. The summed E-state index contributed by atoms with van der Waals surface area (Å²) < 4.78 is 39.5. The molecule has 0 fully saturated rings. The largest absolute Gasteiger partial charge is 0.451 e. The number of nitrogens with one attached hydrogen (secondary N) is 1. The summed E-state index contributed by atoms with van der Waals surface area (Å²) in [6, 6.07) is 7.92. The monoisotopic (exact) mass is 451 g/mol. The standard InChI is InChI=1S/C19H16F3N5OS2/c1-9-4-6-11(7-5-9)13-10(2)30-16-14(13)15(28)23-12(24-16)8-29-18-26-25-17(27(18)3)19(20,21)22/h4-7H,8H2,1-3H3,(H,23,24,28). The number of hydrogen-bond donors (Lipinski definition) is 1. The minimum absolute atomic E-state index is 0.0905. The van der Waals surface area contributed by atoms with E-state index in [9.17, 15) is 18.0 Å². The van der Waals surface area contributed by atoms with Gasteiger partial charge in [-0.15, -0.1) is 21.5 Å². The number of aromatic amines is 1. The normalized spacial score (nSPS) is 12.1. The number of fused-ring (bicyclic) bond motifs is 1. The molecule has 3 aromatic heterocycles. The fraction of sp³-hybridized carbons (Fsp3) is 0.263. The summed E-state index contributed by atoms with van der Waals surface area (Å²) in [5.41, 5.74) is 2.65. The number of benzene rings is 1. The molecule has 0 bridgehead atoms. The number of nitrogens with zero attached hydrogens (tertiary/aromatic N) is 4. The van der Waals surface area contributed by atoms with E-state index in [0.29, 0.717) is 16.0 Å². The first-order valence-electron chi connectivity index (χ1n) is 8.84. The van der Waals surface area contributed by atoms with Gasteiger partial charge in [-0.2, -0.15) is 13.2 Å². The highest BCUT2D eigenvalue weighted by molar-refractivity contribution is 7.98. The maximum Gasteiger partial charge on any atom is 0.451 e. The molecule has 11 heteroatoms. The first kappa shape index (κ1) is 20.6. The molecule has 1 N–H and O–H groups in total. The minimum Gasteiger partial charge on any atom is -0.309 e. The Hall–Kier alpha value is -2.66. The van der Waals surface area contributed by atoms with Crippen LogP contribution in [0.2, 0.25) is 0 Å². The zero-order chi connectivity index (χ0) is 21.6. The summed E-state index contributed by atoms with van der Waals surface area (Å²) >= 11 is 2.44. The van der Waals surface area contributed by atoms with E-state index < -0.39 is 12.0 Å². The second-order valence-electron chi connectivity index (χ2n) is 6.74. The second kappa shape index (κ2) is 7.55. The van der Waals surface area contributed by atoms with Crippen LogP contribution in [0.3, 0.4) is 0 Å². The molecule has 4 aromatic rings. The number of aryl methyl sites for hydroxylation is 2. The van der Waals surface area contributed by atoms with E-state index in [-0.39, 0.29) is 16.5 Å². The summed E-state index contributed by atoms with van der Waals surface area (Å²) in [7, 11) is 1.25. The van der Waals surface area contributed by atoms with Crippen LogP contribution in [0.25, 0.3) is 21.3 Å². The van der Waals surface area contributed by atoms with E-state index in [2.05, 4.69) is 20.2 Å². The molecule has 0 unspecified atom stereocenters. The van der Waals surface area contributed by atoms with Gasteiger partial charge in [0.25, 0.3) is 5.56 Å². The van der Waals surface area contributed by atoms with E-state index in [1.807, 2.05) is 38.1 Å². The van der Waals surface area contributed by atoms with E-state index in [0.717, 1.165) is 37.9 Å². The zero-order valence-corrected chi connectivity index (χ0v) is 17.8. The highest BCUT2D eigenvalue weighted by Crippen LogP contribution is 2.36. The first-order chi connectivity index (χ1) is 14.1. The average Bonchev–Trinajstić information content (AvgIpc) is 3.20. The van der Waals surface area contributed by atoms with Crippen LogP contribution in [0.15, 0.2) is 34.2 Å². The molecule has 6 nitrogen and oxygen atoms in total. The summed E-state index contributed by atoms with van der Waals surface area (Å²) in [6.45, 7) is 3.93. The number of rotatable bonds is 4. The maximum atomic E-state index is 12.9. The molecule has 0 aliphatic carbocycles. The first-order valence-corrected chi connectivity index (χ1v) is 10.6. The Balaban J connectivity index is 1.66. The minimum atomic E-state index is -4.58. The molecule has 0 saturated carbocycles. The SMILES string of the molecule is Cc1ccc(-c2c(C)sc3nc(CSc4nnc(C(F)(F)F)n4C)[nH]c(=O)c23)cc1. The van der Waals surface area contributed by atoms with Crippen LogP contribution >= 0.6 is 23.1 Å². The highest BCUT2D eigenvalue weighted by atomic mass is 32.2. The molecule has 0 aliphatic rings. The Morgan fingerprint density at radius 2 is 1.87 bits per heavy atom. The van der Waals surface area contributed by atoms with Crippen LogP contribution in [0.4, 0.5) is 13.2 Å². The molecule has 0 spiro atoms. The third-order valence-corrected chi connectivity index (χ3v) is 6.58. The van der Waals surface area contributed by atoms with Gasteiger partial charge in [-0.05, 0) is 19.4 Å². The second-order valence-corrected chi connectivity index (χ2v) is 8.89. The van der Waals surface area contributed by atoms with Gasteiger partial charge in [-0.25, -0.2) is 4.98 Å². The zero-order valence-electron chi connectivity index (χ0n) is 16.2. The summed E-state index contributed by atoms with van der Waals surface area (Å²) in [4.78, 5) is 21.6. The van der Waals surface area contributed by atoms with Crippen molar-refractivity contribution in [2.24, 2.45) is 7.05 Å². The van der Waals surface area contributed by atoms with Gasteiger partial charge in [0.1, 0.15) is 10.7 Å². The molecule has 30 heavy (non-hydrogen) atoms. The van der Waals surface area contributed by atoms with Gasteiger partial charge < -0.3 is 9.55 Å². The Bertz CT molecular complexity index is 1290. The number of H-pyrrole nitrogens is 1. The van der Waals surface area contributed by atoms with E-state index in [4.69, 9.17) is 0 Å². The molecule has 0 atom stereocenters. The number of hydrogen-bond acceptors (Lipinski definition) is 6. The van der Waals surface area contributed by atoms with E-state index in [1.165, 1.54) is 18.4 Å². The third kappa shape index (κ3) is 3.74. The van der Waals surface area contributed by atoms with Crippen molar-refractivity contribution in [3.8, 4) is 11.1 Å². The lowest BCUT2D eigenvalue weighted by Gasteiger charge is -2.06. The lowest BCUT2D eigenvalue weighted by Crippen LogP contribution is -2.13.